The van der Waals surface area contributed by atoms with Crippen LogP contribution in [0.5, 0.6) is 5.75 Å². The van der Waals surface area contributed by atoms with Crippen molar-refractivity contribution in [3.63, 3.8) is 0 Å². The normalized spacial score (nSPS) is 19.1. The van der Waals surface area contributed by atoms with E-state index in [-0.39, 0.29) is 17.3 Å². The average molecular weight is 517 g/mol. The fraction of sp³-hybridized carbons (Fsp3) is 0.618. The van der Waals surface area contributed by atoms with E-state index < -0.39 is 0 Å². The van der Waals surface area contributed by atoms with Gasteiger partial charge < -0.3 is 4.74 Å². The molecule has 0 radical (unpaired) electrons. The summed E-state index contributed by atoms with van der Waals surface area (Å²) in [6.07, 6.45) is 21.1. The summed E-state index contributed by atoms with van der Waals surface area (Å²) in [5.74, 6) is 0.299. The molecular weight excluding hydrogens is 468 g/mol. The molecule has 4 nitrogen and oxygen atoms in total. The van der Waals surface area contributed by atoms with Crippen molar-refractivity contribution >= 4 is 5.97 Å². The number of hydrogen-bond donors (Lipinski definition) is 0. The van der Waals surface area contributed by atoms with Crippen molar-refractivity contribution in [2.75, 3.05) is 0 Å². The lowest BCUT2D eigenvalue weighted by Crippen LogP contribution is -2.31. The van der Waals surface area contributed by atoms with Gasteiger partial charge in [-0.25, -0.2) is 0 Å². The van der Waals surface area contributed by atoms with Crippen LogP contribution in [0.15, 0.2) is 42.6 Å². The molecule has 1 aliphatic carbocycles. The van der Waals surface area contributed by atoms with E-state index in [1.165, 1.54) is 69.8 Å². The fourth-order valence-corrected chi connectivity index (χ4v) is 5.64. The van der Waals surface area contributed by atoms with Crippen molar-refractivity contribution in [2.24, 2.45) is 11.3 Å². The van der Waals surface area contributed by atoms with Crippen molar-refractivity contribution in [2.45, 2.75) is 123 Å². The average Bonchev–Trinajstić information content (AvgIpc) is 2.96. The van der Waals surface area contributed by atoms with Crippen LogP contribution in [0.4, 0.5) is 0 Å². The Kier molecular flexibility index (Phi) is 12.8. The highest BCUT2D eigenvalue weighted by Crippen LogP contribution is 2.43. The number of carbonyl (C=O) groups is 1. The molecule has 1 aliphatic rings. The van der Waals surface area contributed by atoms with Crippen LogP contribution in [0.2, 0.25) is 0 Å². The van der Waals surface area contributed by atoms with E-state index >= 15 is 0 Å². The lowest BCUT2D eigenvalue weighted by atomic mass is 9.69. The molecule has 0 aliphatic heterocycles. The van der Waals surface area contributed by atoms with Crippen LogP contribution in [0, 0.1) is 22.7 Å². The van der Waals surface area contributed by atoms with E-state index in [9.17, 15) is 10.1 Å². The van der Waals surface area contributed by atoms with Gasteiger partial charge in [-0.1, -0.05) is 84.1 Å². The minimum atomic E-state index is -0.248. The third-order valence-corrected chi connectivity index (χ3v) is 8.28. The lowest BCUT2D eigenvalue weighted by Gasteiger charge is -2.34. The Morgan fingerprint density at radius 1 is 0.895 bits per heavy atom. The smallest absolute Gasteiger partial charge is 0.314 e. The molecule has 206 valence electrons. The number of aryl methyl sites for hydroxylation is 1. The zero-order valence-corrected chi connectivity index (χ0v) is 23.9. The Hall–Kier alpha value is -2.67. The topological polar surface area (TPSA) is 63.0 Å². The third-order valence-electron chi connectivity index (χ3n) is 8.28. The molecule has 1 saturated carbocycles. The summed E-state index contributed by atoms with van der Waals surface area (Å²) in [4.78, 5) is 17.5. The molecular formula is C34H48N2O2. The van der Waals surface area contributed by atoms with Crippen molar-refractivity contribution in [3.05, 3.63) is 48.2 Å². The zero-order valence-electron chi connectivity index (χ0n) is 23.9. The van der Waals surface area contributed by atoms with Crippen molar-refractivity contribution in [1.29, 1.82) is 5.26 Å². The molecule has 0 N–H and O–H groups in total. The van der Waals surface area contributed by atoms with Crippen LogP contribution in [-0.4, -0.2) is 11.0 Å². The van der Waals surface area contributed by atoms with E-state index in [2.05, 4.69) is 37.0 Å². The minimum Gasteiger partial charge on any atom is -0.426 e. The Bertz CT molecular complexity index is 983. The number of hydrogen-bond acceptors (Lipinski definition) is 4. The Labute approximate surface area is 231 Å². The first-order chi connectivity index (χ1) is 18.6. The number of unbranched alkanes of at least 4 members (excludes halogenated alkanes) is 9. The first kappa shape index (κ1) is 29.9. The predicted octanol–water partition coefficient (Wildman–Crippen LogP) is 9.62. The number of aromatic nitrogens is 1. The van der Waals surface area contributed by atoms with Gasteiger partial charge in [0, 0.05) is 11.8 Å². The predicted molar refractivity (Wildman–Crippen MR) is 156 cm³/mol. The number of rotatable bonds is 16. The van der Waals surface area contributed by atoms with Gasteiger partial charge in [0.2, 0.25) is 0 Å². The minimum absolute atomic E-state index is 0.114. The van der Waals surface area contributed by atoms with Crippen LogP contribution in [-0.2, 0) is 11.2 Å². The van der Waals surface area contributed by atoms with Crippen molar-refractivity contribution in [1.82, 2.24) is 4.98 Å². The number of benzene rings is 1. The van der Waals surface area contributed by atoms with Gasteiger partial charge >= 0.3 is 5.97 Å². The largest absolute Gasteiger partial charge is 0.426 e. The van der Waals surface area contributed by atoms with E-state index in [1.54, 1.807) is 0 Å². The number of pyridine rings is 1. The first-order valence-corrected chi connectivity index (χ1v) is 15.3. The fourth-order valence-electron chi connectivity index (χ4n) is 5.64. The molecule has 38 heavy (non-hydrogen) atoms. The SMILES string of the molecule is CCCCCCCCc1ccc(-c2ccc(OC(=O)[C@H]3CC[C@@](C#N)(CCCCCCC)CC3)cc2)nc1. The molecule has 0 unspecified atom stereocenters. The molecule has 0 saturated heterocycles. The maximum Gasteiger partial charge on any atom is 0.314 e. The van der Waals surface area contributed by atoms with Gasteiger partial charge in [0.05, 0.1) is 23.1 Å². The lowest BCUT2D eigenvalue weighted by molar-refractivity contribution is -0.140. The van der Waals surface area contributed by atoms with Crippen LogP contribution in [0.1, 0.15) is 122 Å². The molecule has 0 bridgehead atoms. The van der Waals surface area contributed by atoms with Gasteiger partial charge in [-0.2, -0.15) is 5.26 Å². The van der Waals surface area contributed by atoms with Gasteiger partial charge in [-0.15, -0.1) is 0 Å². The molecule has 0 spiro atoms. The zero-order chi connectivity index (χ0) is 27.1. The highest BCUT2D eigenvalue weighted by molar-refractivity contribution is 5.75. The second kappa shape index (κ2) is 16.3. The Morgan fingerprint density at radius 2 is 1.53 bits per heavy atom. The van der Waals surface area contributed by atoms with Gasteiger partial charge in [-0.3, -0.25) is 9.78 Å². The molecule has 3 rings (SSSR count). The number of ether oxygens (including phenoxy) is 1. The summed E-state index contributed by atoms with van der Waals surface area (Å²) < 4.78 is 5.73. The summed E-state index contributed by atoms with van der Waals surface area (Å²) in [5.41, 5.74) is 3.00. The monoisotopic (exact) mass is 516 g/mol. The highest BCUT2D eigenvalue weighted by Gasteiger charge is 2.37. The van der Waals surface area contributed by atoms with Crippen molar-refractivity contribution < 1.29 is 9.53 Å². The van der Waals surface area contributed by atoms with Crippen LogP contribution < -0.4 is 4.74 Å². The maximum absolute atomic E-state index is 12.8. The van der Waals surface area contributed by atoms with Gasteiger partial charge in [0.1, 0.15) is 5.75 Å². The maximum atomic E-state index is 12.8. The van der Waals surface area contributed by atoms with Crippen LogP contribution >= 0.6 is 0 Å². The summed E-state index contributed by atoms with van der Waals surface area (Å²) in [7, 11) is 0. The summed E-state index contributed by atoms with van der Waals surface area (Å²) >= 11 is 0. The molecule has 0 atom stereocenters. The molecule has 1 heterocycles. The summed E-state index contributed by atoms with van der Waals surface area (Å²) in [5, 5.41) is 9.84. The second-order valence-corrected chi connectivity index (χ2v) is 11.3. The van der Waals surface area contributed by atoms with Crippen LogP contribution in [0.25, 0.3) is 11.3 Å². The molecule has 0 amide bonds. The molecule has 1 aromatic carbocycles. The number of nitriles is 1. The first-order valence-electron chi connectivity index (χ1n) is 15.3. The number of nitrogens with zero attached hydrogens (tertiary/aromatic N) is 2. The highest BCUT2D eigenvalue weighted by atomic mass is 16.5. The van der Waals surface area contributed by atoms with Crippen molar-refractivity contribution in [3.8, 4) is 23.1 Å². The van der Waals surface area contributed by atoms with Gasteiger partial charge in [0.15, 0.2) is 0 Å². The Morgan fingerprint density at radius 3 is 2.13 bits per heavy atom. The molecule has 1 fully saturated rings. The van der Waals surface area contributed by atoms with Gasteiger partial charge in [-0.05, 0) is 80.8 Å². The standard InChI is InChI=1S/C34H48N2O2/c1-3-5-7-9-10-12-14-28-15-20-32(36-26-28)29-16-18-31(19-17-29)38-33(37)30-21-24-34(27-35,25-22-30)23-13-11-8-6-4-2/h15-20,26,30H,3-14,21-25H2,1-2H3/t30-,34-. The Balaban J connectivity index is 1.42. The van der Waals surface area contributed by atoms with E-state index in [0.29, 0.717) is 5.75 Å². The molecule has 1 aromatic heterocycles. The van der Waals surface area contributed by atoms with E-state index in [0.717, 1.165) is 56.2 Å². The second-order valence-electron chi connectivity index (χ2n) is 11.3. The van der Waals surface area contributed by atoms with Crippen LogP contribution in [0.3, 0.4) is 0 Å². The third kappa shape index (κ3) is 9.57. The summed E-state index contributed by atoms with van der Waals surface area (Å²) in [6.45, 7) is 4.47. The quantitative estimate of drug-likeness (QED) is 0.127. The number of esters is 1. The number of carbonyl (C=O) groups excluding carboxylic acids is 1. The van der Waals surface area contributed by atoms with Gasteiger partial charge in [0.25, 0.3) is 0 Å². The summed E-state index contributed by atoms with van der Waals surface area (Å²) in [6, 6.07) is 14.5. The van der Waals surface area contributed by atoms with E-state index in [1.807, 2.05) is 30.5 Å². The molecule has 2 aromatic rings. The van der Waals surface area contributed by atoms with E-state index in [4.69, 9.17) is 4.74 Å². The molecule has 4 heteroatoms.